The molecule has 2 aromatic carbocycles. The van der Waals surface area contributed by atoms with Gasteiger partial charge in [-0.3, -0.25) is 0 Å². The summed E-state index contributed by atoms with van der Waals surface area (Å²) in [6, 6.07) is 11.3. The van der Waals surface area contributed by atoms with Crippen LogP contribution in [0.15, 0.2) is 46.9 Å². The number of hydrogen-bond donors (Lipinski definition) is 3. The Morgan fingerprint density at radius 1 is 1.18 bits per heavy atom. The molecule has 22 heavy (non-hydrogen) atoms. The van der Waals surface area contributed by atoms with Gasteiger partial charge in [0.05, 0.1) is 12.7 Å². The van der Waals surface area contributed by atoms with Crippen LogP contribution in [0.3, 0.4) is 0 Å². The first kappa shape index (κ1) is 14.5. The van der Waals surface area contributed by atoms with E-state index in [0.717, 1.165) is 5.69 Å². The van der Waals surface area contributed by atoms with Gasteiger partial charge in [0.15, 0.2) is 5.58 Å². The minimum Gasteiger partial charge on any atom is -0.436 e. The highest BCUT2D eigenvalue weighted by Crippen LogP contribution is 2.26. The summed E-state index contributed by atoms with van der Waals surface area (Å²) >= 11 is 0. The molecule has 114 valence electrons. The molecular formula is C16H15FN2O3. The van der Waals surface area contributed by atoms with Gasteiger partial charge >= 0.3 is 0 Å². The van der Waals surface area contributed by atoms with Crippen molar-refractivity contribution < 1.29 is 19.0 Å². The van der Waals surface area contributed by atoms with E-state index in [9.17, 15) is 9.50 Å². The number of halogens is 1. The summed E-state index contributed by atoms with van der Waals surface area (Å²) in [6.07, 6.45) is -0.817. The molecule has 3 N–H and O–H groups in total. The third kappa shape index (κ3) is 3.08. The Hall–Kier alpha value is -2.44. The van der Waals surface area contributed by atoms with Crippen molar-refractivity contribution in [3.05, 3.63) is 48.3 Å². The van der Waals surface area contributed by atoms with Crippen LogP contribution in [0.5, 0.6) is 0 Å². The molecule has 0 bridgehead atoms. The van der Waals surface area contributed by atoms with E-state index in [1.807, 2.05) is 0 Å². The maximum atomic E-state index is 12.9. The highest BCUT2D eigenvalue weighted by Gasteiger charge is 2.09. The summed E-state index contributed by atoms with van der Waals surface area (Å²) in [5, 5.41) is 21.1. The summed E-state index contributed by atoms with van der Waals surface area (Å²) in [5.41, 5.74) is 2.73. The fourth-order valence-corrected chi connectivity index (χ4v) is 2.05. The second-order valence-corrected chi connectivity index (χ2v) is 4.93. The molecular weight excluding hydrogens is 287 g/mol. The van der Waals surface area contributed by atoms with Gasteiger partial charge in [-0.1, -0.05) is 0 Å². The predicted octanol–water partition coefficient (Wildman–Crippen LogP) is 2.40. The van der Waals surface area contributed by atoms with E-state index in [0.29, 0.717) is 22.6 Å². The van der Waals surface area contributed by atoms with E-state index in [1.165, 1.54) is 12.1 Å². The van der Waals surface area contributed by atoms with Crippen molar-refractivity contribution in [3.8, 4) is 11.5 Å². The van der Waals surface area contributed by atoms with Crippen molar-refractivity contribution in [1.82, 2.24) is 4.98 Å². The molecule has 5 nitrogen and oxygen atoms in total. The number of fused-ring (bicyclic) bond motifs is 1. The van der Waals surface area contributed by atoms with Gasteiger partial charge in [0.2, 0.25) is 5.89 Å². The van der Waals surface area contributed by atoms with Gasteiger partial charge in [0, 0.05) is 17.8 Å². The number of nitrogens with one attached hydrogen (secondary N) is 1. The van der Waals surface area contributed by atoms with Gasteiger partial charge in [-0.2, -0.15) is 0 Å². The average Bonchev–Trinajstić information content (AvgIpc) is 2.96. The maximum Gasteiger partial charge on any atom is 0.227 e. The van der Waals surface area contributed by atoms with Gasteiger partial charge in [-0.05, 0) is 42.5 Å². The second-order valence-electron chi connectivity index (χ2n) is 4.93. The summed E-state index contributed by atoms with van der Waals surface area (Å²) in [7, 11) is 0. The van der Waals surface area contributed by atoms with Crippen LogP contribution >= 0.6 is 0 Å². The summed E-state index contributed by atoms with van der Waals surface area (Å²) in [4.78, 5) is 4.38. The lowest BCUT2D eigenvalue weighted by molar-refractivity contribution is 0.105. The van der Waals surface area contributed by atoms with E-state index in [1.54, 1.807) is 30.3 Å². The van der Waals surface area contributed by atoms with Crippen LogP contribution in [0.4, 0.5) is 10.1 Å². The lowest BCUT2D eigenvalue weighted by atomic mass is 10.2. The van der Waals surface area contributed by atoms with Crippen LogP contribution in [-0.4, -0.2) is 34.5 Å². The monoisotopic (exact) mass is 302 g/mol. The lowest BCUT2D eigenvalue weighted by Crippen LogP contribution is -2.22. The number of nitrogens with zero attached hydrogens (tertiary/aromatic N) is 1. The van der Waals surface area contributed by atoms with Crippen molar-refractivity contribution in [1.29, 1.82) is 0 Å². The highest BCUT2D eigenvalue weighted by atomic mass is 19.1. The molecule has 6 heteroatoms. The van der Waals surface area contributed by atoms with Crippen LogP contribution in [-0.2, 0) is 0 Å². The fraction of sp³-hybridized carbons (Fsp3) is 0.188. The van der Waals surface area contributed by atoms with Crippen LogP contribution in [0, 0.1) is 5.82 Å². The molecule has 1 unspecified atom stereocenters. The van der Waals surface area contributed by atoms with Crippen molar-refractivity contribution in [2.45, 2.75) is 6.10 Å². The second kappa shape index (κ2) is 6.13. The molecule has 3 rings (SSSR count). The van der Waals surface area contributed by atoms with E-state index in [-0.39, 0.29) is 19.0 Å². The van der Waals surface area contributed by atoms with Crippen molar-refractivity contribution in [2.24, 2.45) is 0 Å². The van der Waals surface area contributed by atoms with Crippen LogP contribution in [0.2, 0.25) is 0 Å². The topological polar surface area (TPSA) is 78.5 Å². The Kier molecular flexibility index (Phi) is 4.04. The van der Waals surface area contributed by atoms with Crippen LogP contribution in [0.25, 0.3) is 22.6 Å². The molecule has 0 aliphatic rings. The third-order valence-corrected chi connectivity index (χ3v) is 3.23. The molecule has 0 aliphatic carbocycles. The zero-order valence-corrected chi connectivity index (χ0v) is 11.7. The number of rotatable bonds is 5. The molecule has 0 saturated carbocycles. The molecule has 0 spiro atoms. The molecule has 3 aromatic rings. The van der Waals surface area contributed by atoms with E-state index < -0.39 is 6.10 Å². The number of hydrogen-bond acceptors (Lipinski definition) is 5. The summed E-state index contributed by atoms with van der Waals surface area (Å²) in [5.74, 6) is 0.108. The SMILES string of the molecule is OCC(O)CNc1ccc2oc(-c3ccc(F)cc3)nc2c1. The fourth-order valence-electron chi connectivity index (χ4n) is 2.05. The zero-order chi connectivity index (χ0) is 15.5. The molecule has 0 fully saturated rings. The van der Waals surface area contributed by atoms with E-state index >= 15 is 0 Å². The highest BCUT2D eigenvalue weighted by molar-refractivity contribution is 5.80. The van der Waals surface area contributed by atoms with E-state index in [4.69, 9.17) is 9.52 Å². The zero-order valence-electron chi connectivity index (χ0n) is 11.7. The van der Waals surface area contributed by atoms with Crippen LogP contribution in [0.1, 0.15) is 0 Å². The van der Waals surface area contributed by atoms with Gasteiger partial charge in [-0.15, -0.1) is 0 Å². The molecule has 0 saturated heterocycles. The summed E-state index contributed by atoms with van der Waals surface area (Å²) < 4.78 is 18.6. The average molecular weight is 302 g/mol. The minimum atomic E-state index is -0.817. The number of aliphatic hydroxyl groups excluding tert-OH is 2. The molecule has 0 aliphatic heterocycles. The predicted molar refractivity (Wildman–Crippen MR) is 81.0 cm³/mol. The molecule has 1 heterocycles. The number of oxazole rings is 1. The largest absolute Gasteiger partial charge is 0.436 e. The molecule has 1 aromatic heterocycles. The lowest BCUT2D eigenvalue weighted by Gasteiger charge is -2.09. The number of aliphatic hydroxyl groups is 2. The Morgan fingerprint density at radius 2 is 1.95 bits per heavy atom. The quantitative estimate of drug-likeness (QED) is 0.674. The Morgan fingerprint density at radius 3 is 2.68 bits per heavy atom. The first-order valence-corrected chi connectivity index (χ1v) is 6.85. The normalized spacial score (nSPS) is 12.5. The molecule has 0 amide bonds. The Balaban J connectivity index is 1.85. The van der Waals surface area contributed by atoms with E-state index in [2.05, 4.69) is 10.3 Å². The smallest absolute Gasteiger partial charge is 0.227 e. The van der Waals surface area contributed by atoms with Crippen molar-refractivity contribution in [3.63, 3.8) is 0 Å². The first-order valence-electron chi connectivity index (χ1n) is 6.85. The molecule has 0 radical (unpaired) electrons. The van der Waals surface area contributed by atoms with Gasteiger partial charge in [0.1, 0.15) is 11.3 Å². The molecule has 1 atom stereocenters. The standard InChI is InChI=1S/C16H15FN2O3/c17-11-3-1-10(2-4-11)16-19-14-7-12(5-6-15(14)22-16)18-8-13(21)9-20/h1-7,13,18,20-21H,8-9H2. The maximum absolute atomic E-state index is 12.9. The Bertz CT molecular complexity index is 771. The number of anilines is 1. The third-order valence-electron chi connectivity index (χ3n) is 3.23. The van der Waals surface area contributed by atoms with Crippen LogP contribution < -0.4 is 5.32 Å². The van der Waals surface area contributed by atoms with Gasteiger partial charge in [-0.25, -0.2) is 9.37 Å². The minimum absolute atomic E-state index is 0.241. The van der Waals surface area contributed by atoms with Gasteiger partial charge in [0.25, 0.3) is 0 Å². The number of aromatic nitrogens is 1. The van der Waals surface area contributed by atoms with Crippen molar-refractivity contribution >= 4 is 16.8 Å². The number of benzene rings is 2. The first-order chi connectivity index (χ1) is 10.7. The summed E-state index contributed by atoms with van der Waals surface area (Å²) in [6.45, 7) is -0.0569. The van der Waals surface area contributed by atoms with Gasteiger partial charge < -0.3 is 19.9 Å². The Labute approximate surface area is 126 Å². The van der Waals surface area contributed by atoms with Crippen molar-refractivity contribution in [2.75, 3.05) is 18.5 Å².